The van der Waals surface area contributed by atoms with Crippen LogP contribution in [0.3, 0.4) is 0 Å². The van der Waals surface area contributed by atoms with Crippen LogP contribution in [0, 0.1) is 0 Å². The van der Waals surface area contributed by atoms with Gasteiger partial charge in [0.15, 0.2) is 0 Å². The number of nitrogens with two attached hydrogens (primary N) is 1. The molecule has 0 aromatic heterocycles. The van der Waals surface area contributed by atoms with Crippen molar-refractivity contribution >= 4 is 54.8 Å². The smallest absolute Gasteiger partial charge is 0.255 e. The first-order valence-electron chi connectivity index (χ1n) is 6.22. The molecule has 2 aromatic rings. The van der Waals surface area contributed by atoms with E-state index in [1.54, 1.807) is 32.3 Å². The Morgan fingerprint density at radius 2 is 1.76 bits per heavy atom. The highest BCUT2D eigenvalue weighted by molar-refractivity contribution is 9.11. The fourth-order valence-corrected chi connectivity index (χ4v) is 3.04. The largest absolute Gasteiger partial charge is 0.399 e. The van der Waals surface area contributed by atoms with Gasteiger partial charge in [-0.3, -0.25) is 4.79 Å². The Morgan fingerprint density at radius 1 is 1.14 bits per heavy atom. The van der Waals surface area contributed by atoms with Crippen LogP contribution in [0.1, 0.15) is 10.4 Å². The predicted molar refractivity (Wildman–Crippen MR) is 94.0 cm³/mol. The summed E-state index contributed by atoms with van der Waals surface area (Å²) in [5.41, 5.74) is 8.52. The molecule has 21 heavy (non-hydrogen) atoms. The third-order valence-corrected chi connectivity index (χ3v) is 4.22. The zero-order valence-corrected chi connectivity index (χ0v) is 14.8. The number of nitrogens with zero attached hydrogens (tertiary/aromatic N) is 1. The van der Waals surface area contributed by atoms with E-state index in [0.717, 1.165) is 14.6 Å². The summed E-state index contributed by atoms with van der Waals surface area (Å²) in [6.07, 6.45) is 0. The monoisotopic (exact) mass is 411 g/mol. The standard InChI is InChI=1S/C15H15Br2N3O/c1-20(2)15(21)10-7-6-9(18)8-13(10)19-14-11(16)4-3-5-12(14)17/h3-8,19H,18H2,1-2H3. The number of carbonyl (C=O) groups excluding carboxylic acids is 1. The van der Waals surface area contributed by atoms with E-state index in [2.05, 4.69) is 37.2 Å². The molecule has 2 aromatic carbocycles. The van der Waals surface area contributed by atoms with Gasteiger partial charge in [0, 0.05) is 28.7 Å². The van der Waals surface area contributed by atoms with Crippen LogP contribution in [0.25, 0.3) is 0 Å². The number of hydrogen-bond donors (Lipinski definition) is 2. The second-order valence-corrected chi connectivity index (χ2v) is 6.43. The van der Waals surface area contributed by atoms with E-state index in [4.69, 9.17) is 5.73 Å². The van der Waals surface area contributed by atoms with E-state index in [1.807, 2.05) is 18.2 Å². The van der Waals surface area contributed by atoms with Crippen LogP contribution in [0.4, 0.5) is 17.1 Å². The molecule has 6 heteroatoms. The van der Waals surface area contributed by atoms with Gasteiger partial charge in [-0.2, -0.15) is 0 Å². The van der Waals surface area contributed by atoms with Crippen LogP contribution >= 0.6 is 31.9 Å². The molecule has 3 N–H and O–H groups in total. The molecule has 0 aliphatic heterocycles. The van der Waals surface area contributed by atoms with Crippen molar-refractivity contribution in [1.29, 1.82) is 0 Å². The number of hydrogen-bond acceptors (Lipinski definition) is 3. The summed E-state index contributed by atoms with van der Waals surface area (Å²) in [5.74, 6) is -0.0827. The molecular formula is C15H15Br2N3O. The highest BCUT2D eigenvalue weighted by Crippen LogP contribution is 2.34. The van der Waals surface area contributed by atoms with E-state index >= 15 is 0 Å². The maximum absolute atomic E-state index is 12.3. The molecule has 0 fully saturated rings. The van der Waals surface area contributed by atoms with Crippen molar-refractivity contribution in [2.24, 2.45) is 0 Å². The number of amides is 1. The van der Waals surface area contributed by atoms with E-state index < -0.39 is 0 Å². The molecule has 0 saturated heterocycles. The zero-order chi connectivity index (χ0) is 15.6. The van der Waals surface area contributed by atoms with Gasteiger partial charge in [-0.15, -0.1) is 0 Å². The SMILES string of the molecule is CN(C)C(=O)c1ccc(N)cc1Nc1c(Br)cccc1Br. The number of halogens is 2. The maximum Gasteiger partial charge on any atom is 0.255 e. The lowest BCUT2D eigenvalue weighted by Crippen LogP contribution is -2.22. The zero-order valence-electron chi connectivity index (χ0n) is 11.7. The summed E-state index contributed by atoms with van der Waals surface area (Å²) in [6, 6.07) is 11.0. The minimum absolute atomic E-state index is 0.0827. The molecule has 0 unspecified atom stereocenters. The second kappa shape index (κ2) is 6.49. The molecule has 0 aliphatic rings. The van der Waals surface area contributed by atoms with Gasteiger partial charge in [0.2, 0.25) is 0 Å². The van der Waals surface area contributed by atoms with Gasteiger partial charge in [-0.1, -0.05) is 6.07 Å². The number of carbonyl (C=O) groups is 1. The molecule has 1 amide bonds. The fourth-order valence-electron chi connectivity index (χ4n) is 1.84. The van der Waals surface area contributed by atoms with Gasteiger partial charge in [-0.25, -0.2) is 0 Å². The van der Waals surface area contributed by atoms with Gasteiger partial charge in [0.1, 0.15) is 0 Å². The molecule has 4 nitrogen and oxygen atoms in total. The predicted octanol–water partition coefficient (Wildman–Crippen LogP) is 4.24. The topological polar surface area (TPSA) is 58.4 Å². The number of anilines is 3. The van der Waals surface area contributed by atoms with Crippen LogP contribution in [0.2, 0.25) is 0 Å². The number of nitrogens with one attached hydrogen (secondary N) is 1. The number of para-hydroxylation sites is 1. The summed E-state index contributed by atoms with van der Waals surface area (Å²) in [5, 5.41) is 3.26. The van der Waals surface area contributed by atoms with Crippen molar-refractivity contribution in [3.05, 3.63) is 50.9 Å². The van der Waals surface area contributed by atoms with Crippen molar-refractivity contribution in [1.82, 2.24) is 4.90 Å². The van der Waals surface area contributed by atoms with Crippen molar-refractivity contribution in [3.8, 4) is 0 Å². The minimum Gasteiger partial charge on any atom is -0.399 e. The summed E-state index contributed by atoms with van der Waals surface area (Å²) >= 11 is 6.99. The quantitative estimate of drug-likeness (QED) is 0.741. The van der Waals surface area contributed by atoms with Gasteiger partial charge in [0.25, 0.3) is 5.91 Å². The maximum atomic E-state index is 12.3. The second-order valence-electron chi connectivity index (χ2n) is 4.73. The molecule has 2 rings (SSSR count). The Kier molecular flexibility index (Phi) is 4.90. The summed E-state index contributed by atoms with van der Waals surface area (Å²) in [7, 11) is 3.44. The molecular weight excluding hydrogens is 398 g/mol. The van der Waals surface area contributed by atoms with E-state index in [1.165, 1.54) is 4.90 Å². The van der Waals surface area contributed by atoms with Gasteiger partial charge in [-0.05, 0) is 62.2 Å². The van der Waals surface area contributed by atoms with Crippen LogP contribution in [-0.2, 0) is 0 Å². The lowest BCUT2D eigenvalue weighted by Gasteiger charge is -2.17. The molecule has 0 atom stereocenters. The lowest BCUT2D eigenvalue weighted by atomic mass is 10.1. The number of rotatable bonds is 3. The minimum atomic E-state index is -0.0827. The Balaban J connectivity index is 2.48. The Bertz CT molecular complexity index is 666. The van der Waals surface area contributed by atoms with Gasteiger partial charge < -0.3 is 16.0 Å². The van der Waals surface area contributed by atoms with Crippen LogP contribution in [-0.4, -0.2) is 24.9 Å². The molecule has 0 saturated carbocycles. The molecule has 0 radical (unpaired) electrons. The normalized spacial score (nSPS) is 10.3. The Labute approximate surface area is 140 Å². The molecule has 0 aliphatic carbocycles. The molecule has 0 spiro atoms. The average molecular weight is 413 g/mol. The number of benzene rings is 2. The van der Waals surface area contributed by atoms with Crippen molar-refractivity contribution < 1.29 is 4.79 Å². The highest BCUT2D eigenvalue weighted by Gasteiger charge is 2.15. The molecule has 0 bridgehead atoms. The first-order valence-corrected chi connectivity index (χ1v) is 7.81. The Hall–Kier alpha value is -1.53. The van der Waals surface area contributed by atoms with Crippen LogP contribution < -0.4 is 11.1 Å². The van der Waals surface area contributed by atoms with Crippen molar-refractivity contribution in [2.45, 2.75) is 0 Å². The molecule has 110 valence electrons. The third-order valence-electron chi connectivity index (χ3n) is 2.90. The third kappa shape index (κ3) is 3.57. The first-order chi connectivity index (χ1) is 9.90. The van der Waals surface area contributed by atoms with Gasteiger partial charge in [0.05, 0.1) is 16.9 Å². The van der Waals surface area contributed by atoms with E-state index in [9.17, 15) is 4.79 Å². The van der Waals surface area contributed by atoms with Crippen LogP contribution in [0.15, 0.2) is 45.3 Å². The average Bonchev–Trinajstić information content (AvgIpc) is 2.42. The van der Waals surface area contributed by atoms with E-state index in [-0.39, 0.29) is 5.91 Å². The van der Waals surface area contributed by atoms with Crippen molar-refractivity contribution in [3.63, 3.8) is 0 Å². The Morgan fingerprint density at radius 3 is 2.33 bits per heavy atom. The summed E-state index contributed by atoms with van der Waals surface area (Å²) in [6.45, 7) is 0. The first kappa shape index (κ1) is 15.9. The van der Waals surface area contributed by atoms with E-state index in [0.29, 0.717) is 16.9 Å². The fraction of sp³-hybridized carbons (Fsp3) is 0.133. The summed E-state index contributed by atoms with van der Waals surface area (Å²) in [4.78, 5) is 13.8. The van der Waals surface area contributed by atoms with Gasteiger partial charge >= 0.3 is 0 Å². The van der Waals surface area contributed by atoms with Crippen molar-refractivity contribution in [2.75, 3.05) is 25.1 Å². The molecule has 0 heterocycles. The van der Waals surface area contributed by atoms with Crippen LogP contribution in [0.5, 0.6) is 0 Å². The summed E-state index contributed by atoms with van der Waals surface area (Å²) < 4.78 is 1.78. The lowest BCUT2D eigenvalue weighted by molar-refractivity contribution is 0.0828. The highest BCUT2D eigenvalue weighted by atomic mass is 79.9. The number of nitrogen functional groups attached to an aromatic ring is 1.